The summed E-state index contributed by atoms with van der Waals surface area (Å²) in [6.07, 6.45) is 2.43. The topological polar surface area (TPSA) is 49.5 Å². The van der Waals surface area contributed by atoms with Gasteiger partial charge in [0.1, 0.15) is 5.75 Å². The molecule has 1 fully saturated rings. The van der Waals surface area contributed by atoms with Crippen LogP contribution in [0.1, 0.15) is 41.5 Å². The van der Waals surface area contributed by atoms with Gasteiger partial charge in [-0.15, -0.1) is 0 Å². The second-order valence-electron chi connectivity index (χ2n) is 6.65. The monoisotopic (exact) mass is 294 g/mol. The summed E-state index contributed by atoms with van der Waals surface area (Å²) in [4.78, 5) is 2.44. The summed E-state index contributed by atoms with van der Waals surface area (Å²) in [5, 5.41) is 9.94. The molecule has 2 aliphatic rings. The maximum Gasteiger partial charge on any atom is 0.115 e. The van der Waals surface area contributed by atoms with Crippen LogP contribution in [-0.2, 0) is 0 Å². The smallest absolute Gasteiger partial charge is 0.115 e. The SMILES string of the molecule is CN1CCCC2C(c3ccccc3N)c3ccc(O)cc3C21. The van der Waals surface area contributed by atoms with E-state index in [1.807, 2.05) is 24.3 Å². The van der Waals surface area contributed by atoms with Gasteiger partial charge < -0.3 is 10.8 Å². The van der Waals surface area contributed by atoms with Gasteiger partial charge in [0, 0.05) is 17.6 Å². The Hall–Kier alpha value is -2.00. The van der Waals surface area contributed by atoms with Crippen molar-refractivity contribution >= 4 is 5.69 Å². The molecule has 0 amide bonds. The first-order valence-corrected chi connectivity index (χ1v) is 8.04. The van der Waals surface area contributed by atoms with E-state index in [0.717, 1.165) is 12.2 Å². The van der Waals surface area contributed by atoms with Crippen molar-refractivity contribution < 1.29 is 5.11 Å². The summed E-state index contributed by atoms with van der Waals surface area (Å²) in [5.74, 6) is 1.24. The number of nitrogens with two attached hydrogens (primary N) is 1. The Kier molecular flexibility index (Phi) is 3.12. The van der Waals surface area contributed by atoms with Crippen molar-refractivity contribution in [3.05, 3.63) is 59.2 Å². The number of rotatable bonds is 1. The predicted octanol–water partition coefficient (Wildman–Crippen LogP) is 3.50. The number of fused-ring (bicyclic) bond motifs is 3. The molecule has 1 aliphatic carbocycles. The second-order valence-corrected chi connectivity index (χ2v) is 6.65. The third-order valence-electron chi connectivity index (χ3n) is 5.41. The zero-order valence-corrected chi connectivity index (χ0v) is 12.9. The largest absolute Gasteiger partial charge is 0.508 e. The van der Waals surface area contributed by atoms with Crippen LogP contribution in [0.4, 0.5) is 5.69 Å². The molecule has 1 heterocycles. The molecule has 3 heteroatoms. The lowest BCUT2D eigenvalue weighted by Gasteiger charge is -2.37. The number of nitrogens with zero attached hydrogens (tertiary/aromatic N) is 1. The van der Waals surface area contributed by atoms with Crippen LogP contribution in [-0.4, -0.2) is 23.6 Å². The van der Waals surface area contributed by atoms with Crippen LogP contribution >= 0.6 is 0 Å². The van der Waals surface area contributed by atoms with E-state index in [1.54, 1.807) is 0 Å². The van der Waals surface area contributed by atoms with Crippen LogP contribution in [0.5, 0.6) is 5.75 Å². The minimum atomic E-state index is 0.338. The molecule has 1 aliphatic heterocycles. The maximum atomic E-state index is 9.94. The fraction of sp³-hybridized carbons (Fsp3) is 0.368. The van der Waals surface area contributed by atoms with Gasteiger partial charge in [0.15, 0.2) is 0 Å². The van der Waals surface area contributed by atoms with Crippen molar-refractivity contribution in [1.29, 1.82) is 0 Å². The van der Waals surface area contributed by atoms with Crippen molar-refractivity contribution in [2.75, 3.05) is 19.3 Å². The van der Waals surface area contributed by atoms with E-state index in [4.69, 9.17) is 5.73 Å². The zero-order chi connectivity index (χ0) is 15.3. The van der Waals surface area contributed by atoms with Crippen LogP contribution < -0.4 is 5.73 Å². The van der Waals surface area contributed by atoms with Crippen molar-refractivity contribution in [3.8, 4) is 5.75 Å². The van der Waals surface area contributed by atoms with Crippen LogP contribution in [0.2, 0.25) is 0 Å². The minimum Gasteiger partial charge on any atom is -0.508 e. The van der Waals surface area contributed by atoms with Gasteiger partial charge in [-0.05, 0) is 67.2 Å². The number of aromatic hydroxyl groups is 1. The normalized spacial score (nSPS) is 27.4. The maximum absolute atomic E-state index is 9.94. The average Bonchev–Trinajstić information content (AvgIpc) is 2.82. The molecule has 3 atom stereocenters. The van der Waals surface area contributed by atoms with Gasteiger partial charge in [0.25, 0.3) is 0 Å². The standard InChI is InChI=1S/C19H22N2O/c1-21-10-4-6-15-18(14-5-2-3-7-17(14)20)13-9-8-12(22)11-16(13)19(15)21/h2-3,5,7-9,11,15,18-19,22H,4,6,10,20H2,1H3. The molecule has 0 saturated carbocycles. The number of anilines is 1. The lowest BCUT2D eigenvalue weighted by atomic mass is 9.79. The lowest BCUT2D eigenvalue weighted by molar-refractivity contribution is 0.127. The Morgan fingerprint density at radius 2 is 1.91 bits per heavy atom. The molecule has 4 rings (SSSR count). The van der Waals surface area contributed by atoms with Crippen LogP contribution in [0.3, 0.4) is 0 Å². The molecular weight excluding hydrogens is 272 g/mol. The molecule has 0 bridgehead atoms. The van der Waals surface area contributed by atoms with Crippen LogP contribution in [0.25, 0.3) is 0 Å². The summed E-state index contributed by atoms with van der Waals surface area (Å²) >= 11 is 0. The molecule has 3 unspecified atom stereocenters. The fourth-order valence-electron chi connectivity index (χ4n) is 4.54. The van der Waals surface area contributed by atoms with E-state index in [-0.39, 0.29) is 0 Å². The van der Waals surface area contributed by atoms with E-state index in [0.29, 0.717) is 23.6 Å². The van der Waals surface area contributed by atoms with E-state index in [1.165, 1.54) is 29.5 Å². The van der Waals surface area contributed by atoms with Crippen LogP contribution in [0.15, 0.2) is 42.5 Å². The van der Waals surface area contributed by atoms with Crippen LogP contribution in [0, 0.1) is 5.92 Å². The third kappa shape index (κ3) is 1.92. The molecule has 0 radical (unpaired) electrons. The summed E-state index contributed by atoms with van der Waals surface area (Å²) in [5.41, 5.74) is 11.0. The average molecular weight is 294 g/mol. The highest BCUT2D eigenvalue weighted by molar-refractivity contribution is 5.57. The quantitative estimate of drug-likeness (QED) is 0.791. The number of piperidine rings is 1. The summed E-state index contributed by atoms with van der Waals surface area (Å²) in [6, 6.07) is 14.5. The van der Waals surface area contributed by atoms with E-state index >= 15 is 0 Å². The molecule has 0 aromatic heterocycles. The number of hydrogen-bond acceptors (Lipinski definition) is 3. The molecule has 3 nitrogen and oxygen atoms in total. The van der Waals surface area contributed by atoms with Crippen molar-refractivity contribution in [2.24, 2.45) is 5.92 Å². The van der Waals surface area contributed by atoms with Gasteiger partial charge in [0.05, 0.1) is 0 Å². The molecule has 114 valence electrons. The van der Waals surface area contributed by atoms with Gasteiger partial charge >= 0.3 is 0 Å². The first kappa shape index (κ1) is 13.6. The predicted molar refractivity (Wildman–Crippen MR) is 88.9 cm³/mol. The molecule has 2 aromatic rings. The lowest BCUT2D eigenvalue weighted by Crippen LogP contribution is -2.34. The van der Waals surface area contributed by atoms with E-state index in [2.05, 4.69) is 30.1 Å². The second kappa shape index (κ2) is 5.03. The summed E-state index contributed by atoms with van der Waals surface area (Å²) in [7, 11) is 2.20. The third-order valence-corrected chi connectivity index (χ3v) is 5.41. The molecule has 2 aromatic carbocycles. The minimum absolute atomic E-state index is 0.338. The van der Waals surface area contributed by atoms with Crippen molar-refractivity contribution in [2.45, 2.75) is 24.8 Å². The van der Waals surface area contributed by atoms with Crippen molar-refractivity contribution in [1.82, 2.24) is 4.90 Å². The Balaban J connectivity index is 1.90. The molecule has 0 spiro atoms. The number of hydrogen-bond donors (Lipinski definition) is 2. The Labute approximate surface area is 131 Å². The van der Waals surface area contributed by atoms with E-state index in [9.17, 15) is 5.11 Å². The highest BCUT2D eigenvalue weighted by atomic mass is 16.3. The van der Waals surface area contributed by atoms with Gasteiger partial charge in [-0.2, -0.15) is 0 Å². The number of phenols is 1. The molecule has 3 N–H and O–H groups in total. The summed E-state index contributed by atoms with van der Waals surface area (Å²) < 4.78 is 0. The molecule has 1 saturated heterocycles. The Bertz CT molecular complexity index is 712. The first-order chi connectivity index (χ1) is 10.7. The van der Waals surface area contributed by atoms with E-state index < -0.39 is 0 Å². The first-order valence-electron chi connectivity index (χ1n) is 8.04. The number of benzene rings is 2. The molecular formula is C19H22N2O. The Morgan fingerprint density at radius 1 is 1.09 bits per heavy atom. The molecule has 22 heavy (non-hydrogen) atoms. The number of likely N-dealkylation sites (tertiary alicyclic amines) is 1. The fourth-order valence-corrected chi connectivity index (χ4v) is 4.54. The zero-order valence-electron chi connectivity index (χ0n) is 12.9. The highest BCUT2D eigenvalue weighted by Gasteiger charge is 2.45. The number of phenolic OH excluding ortho intramolecular Hbond substituents is 1. The summed E-state index contributed by atoms with van der Waals surface area (Å²) in [6.45, 7) is 1.12. The Morgan fingerprint density at radius 3 is 2.73 bits per heavy atom. The highest BCUT2D eigenvalue weighted by Crippen LogP contribution is 2.55. The van der Waals surface area contributed by atoms with Gasteiger partial charge in [0.2, 0.25) is 0 Å². The van der Waals surface area contributed by atoms with Gasteiger partial charge in [-0.3, -0.25) is 4.90 Å². The number of nitrogen functional groups attached to an aromatic ring is 1. The number of para-hydroxylation sites is 1. The van der Waals surface area contributed by atoms with Gasteiger partial charge in [-0.25, -0.2) is 0 Å². The van der Waals surface area contributed by atoms with Gasteiger partial charge in [-0.1, -0.05) is 24.3 Å². The van der Waals surface area contributed by atoms with Crippen molar-refractivity contribution in [3.63, 3.8) is 0 Å².